The largest absolute Gasteiger partial charge is 0.457 e. The first kappa shape index (κ1) is 19.2. The second kappa shape index (κ2) is 9.34. The molecule has 2 aromatic carbocycles. The van der Waals surface area contributed by atoms with E-state index >= 15 is 0 Å². The van der Waals surface area contributed by atoms with Crippen molar-refractivity contribution in [3.63, 3.8) is 0 Å². The summed E-state index contributed by atoms with van der Waals surface area (Å²) in [4.78, 5) is 4.06. The van der Waals surface area contributed by atoms with Gasteiger partial charge in [-0.15, -0.1) is 24.0 Å². The molecule has 0 fully saturated rings. The van der Waals surface area contributed by atoms with E-state index in [1.807, 2.05) is 26.1 Å². The highest BCUT2D eigenvalue weighted by Crippen LogP contribution is 2.25. The van der Waals surface area contributed by atoms with E-state index in [1.54, 1.807) is 19.2 Å². The zero-order chi connectivity index (χ0) is 15.9. The summed E-state index contributed by atoms with van der Waals surface area (Å²) >= 11 is 0. The molecule has 0 bridgehead atoms. The highest BCUT2D eigenvalue weighted by molar-refractivity contribution is 14.0. The number of guanidine groups is 1. The maximum absolute atomic E-state index is 12.9. The Morgan fingerprint density at radius 2 is 1.87 bits per heavy atom. The summed E-state index contributed by atoms with van der Waals surface area (Å²) in [7, 11) is 3.55. The van der Waals surface area contributed by atoms with Crippen molar-refractivity contribution in [2.24, 2.45) is 4.99 Å². The molecule has 0 amide bonds. The van der Waals surface area contributed by atoms with Crippen molar-refractivity contribution >= 4 is 29.9 Å². The minimum Gasteiger partial charge on any atom is -0.457 e. The monoisotopic (exact) mass is 429 g/mol. The minimum absolute atomic E-state index is 0. The molecule has 2 aromatic rings. The van der Waals surface area contributed by atoms with Crippen LogP contribution in [0, 0.1) is 12.7 Å². The molecular weight excluding hydrogens is 408 g/mol. The zero-order valence-electron chi connectivity index (χ0n) is 13.4. The summed E-state index contributed by atoms with van der Waals surface area (Å²) in [5, 5.41) is 6.16. The molecule has 2 rings (SSSR count). The van der Waals surface area contributed by atoms with Gasteiger partial charge < -0.3 is 15.4 Å². The van der Waals surface area contributed by atoms with Crippen LogP contribution in [0.2, 0.25) is 0 Å². The molecule has 124 valence electrons. The van der Waals surface area contributed by atoms with Crippen LogP contribution in [0.15, 0.2) is 47.5 Å². The van der Waals surface area contributed by atoms with Crippen LogP contribution in [0.1, 0.15) is 11.1 Å². The van der Waals surface area contributed by atoms with Crippen molar-refractivity contribution in [2.75, 3.05) is 14.1 Å². The summed E-state index contributed by atoms with van der Waals surface area (Å²) in [5.74, 6) is 1.84. The molecule has 0 atom stereocenters. The SMILES string of the molecule is CN=C(NC)NCc1ccc(Oc2ccc(F)cc2)c(C)c1.I. The van der Waals surface area contributed by atoms with Gasteiger partial charge in [-0.1, -0.05) is 12.1 Å². The molecule has 0 unspecified atom stereocenters. The van der Waals surface area contributed by atoms with Crippen molar-refractivity contribution in [2.45, 2.75) is 13.5 Å². The van der Waals surface area contributed by atoms with Crippen molar-refractivity contribution in [1.82, 2.24) is 10.6 Å². The summed E-state index contributed by atoms with van der Waals surface area (Å²) in [6.45, 7) is 2.65. The Hall–Kier alpha value is -1.83. The molecular formula is C17H21FIN3O. The lowest BCUT2D eigenvalue weighted by Crippen LogP contribution is -2.34. The van der Waals surface area contributed by atoms with Gasteiger partial charge >= 0.3 is 0 Å². The molecule has 0 heterocycles. The highest BCUT2D eigenvalue weighted by Gasteiger charge is 2.04. The first-order valence-corrected chi connectivity index (χ1v) is 7.03. The van der Waals surface area contributed by atoms with E-state index in [2.05, 4.69) is 21.7 Å². The predicted molar refractivity (Wildman–Crippen MR) is 102 cm³/mol. The molecule has 0 spiro atoms. The van der Waals surface area contributed by atoms with Crippen molar-refractivity contribution in [1.29, 1.82) is 0 Å². The molecule has 0 aromatic heterocycles. The summed E-state index contributed by atoms with van der Waals surface area (Å²) in [6, 6.07) is 11.9. The third-order valence-corrected chi connectivity index (χ3v) is 3.20. The fraction of sp³-hybridized carbons (Fsp3) is 0.235. The van der Waals surface area contributed by atoms with Crippen molar-refractivity contribution in [3.05, 3.63) is 59.4 Å². The van der Waals surface area contributed by atoms with Crippen LogP contribution in [-0.2, 0) is 6.54 Å². The maximum Gasteiger partial charge on any atom is 0.190 e. The number of nitrogens with zero attached hydrogens (tertiary/aromatic N) is 1. The number of halogens is 2. The van der Waals surface area contributed by atoms with Gasteiger partial charge in [0.2, 0.25) is 0 Å². The van der Waals surface area contributed by atoms with Crippen LogP contribution in [0.3, 0.4) is 0 Å². The molecule has 23 heavy (non-hydrogen) atoms. The van der Waals surface area contributed by atoms with Gasteiger partial charge in [0.05, 0.1) is 0 Å². The molecule has 0 aliphatic carbocycles. The Morgan fingerprint density at radius 3 is 2.43 bits per heavy atom. The van der Waals surface area contributed by atoms with Gasteiger partial charge in [-0.3, -0.25) is 4.99 Å². The number of ether oxygens (including phenoxy) is 1. The lowest BCUT2D eigenvalue weighted by molar-refractivity contribution is 0.476. The summed E-state index contributed by atoms with van der Waals surface area (Å²) in [6.07, 6.45) is 0. The maximum atomic E-state index is 12.9. The van der Waals surface area contributed by atoms with E-state index in [0.717, 1.165) is 22.8 Å². The third kappa shape index (κ3) is 5.70. The fourth-order valence-electron chi connectivity index (χ4n) is 2.03. The lowest BCUT2D eigenvalue weighted by atomic mass is 10.1. The molecule has 6 heteroatoms. The Morgan fingerprint density at radius 1 is 1.17 bits per heavy atom. The Balaban J connectivity index is 0.00000264. The zero-order valence-corrected chi connectivity index (χ0v) is 15.7. The van der Waals surface area contributed by atoms with Crippen LogP contribution < -0.4 is 15.4 Å². The normalized spacial score (nSPS) is 10.7. The molecule has 0 aliphatic heterocycles. The molecule has 4 nitrogen and oxygen atoms in total. The van der Waals surface area contributed by atoms with E-state index in [0.29, 0.717) is 12.3 Å². The molecule has 0 aliphatic rings. The highest BCUT2D eigenvalue weighted by atomic mass is 127. The topological polar surface area (TPSA) is 45.7 Å². The van der Waals surface area contributed by atoms with Gasteiger partial charge in [0.25, 0.3) is 0 Å². The number of rotatable bonds is 4. The van der Waals surface area contributed by atoms with E-state index in [4.69, 9.17) is 4.74 Å². The summed E-state index contributed by atoms with van der Waals surface area (Å²) in [5.41, 5.74) is 2.14. The number of benzene rings is 2. The van der Waals surface area contributed by atoms with Crippen LogP contribution in [0.5, 0.6) is 11.5 Å². The van der Waals surface area contributed by atoms with Crippen molar-refractivity contribution in [3.8, 4) is 11.5 Å². The average Bonchev–Trinajstić information content (AvgIpc) is 2.53. The number of aryl methyl sites for hydroxylation is 1. The summed E-state index contributed by atoms with van der Waals surface area (Å²) < 4.78 is 18.7. The average molecular weight is 429 g/mol. The third-order valence-electron chi connectivity index (χ3n) is 3.20. The van der Waals surface area contributed by atoms with E-state index in [9.17, 15) is 4.39 Å². The first-order valence-electron chi connectivity index (χ1n) is 7.03. The Bertz CT molecular complexity index is 659. The number of hydrogen-bond acceptors (Lipinski definition) is 2. The van der Waals surface area contributed by atoms with E-state index in [-0.39, 0.29) is 29.8 Å². The Kier molecular flexibility index (Phi) is 7.80. The standard InChI is InChI=1S/C17H20FN3O.HI/c1-12-10-13(11-21-17(19-2)20-3)4-9-16(12)22-15-7-5-14(18)6-8-15;/h4-10H,11H2,1-3H3,(H2,19,20,21);1H. The lowest BCUT2D eigenvalue weighted by Gasteiger charge is -2.12. The van der Waals surface area contributed by atoms with Gasteiger partial charge in [-0.25, -0.2) is 4.39 Å². The van der Waals surface area contributed by atoms with Crippen LogP contribution in [-0.4, -0.2) is 20.1 Å². The van der Waals surface area contributed by atoms with E-state index < -0.39 is 0 Å². The number of hydrogen-bond donors (Lipinski definition) is 2. The van der Waals surface area contributed by atoms with Gasteiger partial charge in [-0.2, -0.15) is 0 Å². The quantitative estimate of drug-likeness (QED) is 0.441. The van der Waals surface area contributed by atoms with Crippen LogP contribution in [0.4, 0.5) is 4.39 Å². The second-order valence-corrected chi connectivity index (χ2v) is 4.83. The van der Waals surface area contributed by atoms with Crippen LogP contribution >= 0.6 is 24.0 Å². The van der Waals surface area contributed by atoms with Gasteiger partial charge in [-0.05, 0) is 48.4 Å². The molecule has 0 saturated heterocycles. The van der Waals surface area contributed by atoms with Crippen LogP contribution in [0.25, 0.3) is 0 Å². The first-order chi connectivity index (χ1) is 10.6. The molecule has 2 N–H and O–H groups in total. The second-order valence-electron chi connectivity index (χ2n) is 4.83. The number of aliphatic imine (C=N–C) groups is 1. The minimum atomic E-state index is -0.275. The molecule has 0 saturated carbocycles. The van der Waals surface area contributed by atoms with Gasteiger partial charge in [0.15, 0.2) is 5.96 Å². The fourth-order valence-corrected chi connectivity index (χ4v) is 2.03. The van der Waals surface area contributed by atoms with E-state index in [1.165, 1.54) is 12.1 Å². The van der Waals surface area contributed by atoms with Crippen molar-refractivity contribution < 1.29 is 9.13 Å². The van der Waals surface area contributed by atoms with Gasteiger partial charge in [0.1, 0.15) is 17.3 Å². The predicted octanol–water partition coefficient (Wildman–Crippen LogP) is 3.84. The molecule has 0 radical (unpaired) electrons. The smallest absolute Gasteiger partial charge is 0.190 e. The number of nitrogens with one attached hydrogen (secondary N) is 2. The Labute approximate surface area is 153 Å². The van der Waals surface area contributed by atoms with Gasteiger partial charge in [0, 0.05) is 20.6 Å².